The second-order valence-electron chi connectivity index (χ2n) is 3.59. The van der Waals surface area contributed by atoms with Crippen LogP contribution in [0.15, 0.2) is 16.9 Å². The minimum atomic E-state index is -0.861. The number of carbonyl (C=O) groups is 2. The average molecular weight is 225 g/mol. The molecule has 7 nitrogen and oxygen atoms in total. The molecule has 0 aromatic carbocycles. The lowest BCUT2D eigenvalue weighted by molar-refractivity contribution is -0.146. The fourth-order valence-electron chi connectivity index (χ4n) is 1.41. The lowest BCUT2D eigenvalue weighted by atomic mass is 10.0. The van der Waals surface area contributed by atoms with Gasteiger partial charge in [-0.15, -0.1) is 0 Å². The van der Waals surface area contributed by atoms with Crippen LogP contribution in [0.3, 0.4) is 0 Å². The van der Waals surface area contributed by atoms with E-state index in [0.29, 0.717) is 5.69 Å². The molecule has 2 heterocycles. The van der Waals surface area contributed by atoms with E-state index in [9.17, 15) is 9.59 Å². The van der Waals surface area contributed by atoms with Crippen molar-refractivity contribution in [3.63, 3.8) is 0 Å². The Kier molecular flexibility index (Phi) is 2.76. The molecule has 0 saturated carbocycles. The van der Waals surface area contributed by atoms with Gasteiger partial charge in [0, 0.05) is 19.2 Å². The molecule has 1 fully saturated rings. The number of carboxylic acids is 1. The highest BCUT2D eigenvalue weighted by Gasteiger charge is 2.35. The molecule has 0 atom stereocenters. The molecular formula is C9H11N3O4. The van der Waals surface area contributed by atoms with Gasteiger partial charge in [-0.2, -0.15) is 0 Å². The van der Waals surface area contributed by atoms with Crippen molar-refractivity contribution in [2.75, 3.05) is 13.1 Å². The maximum atomic E-state index is 11.5. The van der Waals surface area contributed by atoms with E-state index < -0.39 is 11.9 Å². The molecular weight excluding hydrogens is 214 g/mol. The van der Waals surface area contributed by atoms with Crippen LogP contribution in [-0.2, 0) is 11.3 Å². The van der Waals surface area contributed by atoms with Crippen molar-refractivity contribution in [1.82, 2.24) is 15.4 Å². The maximum Gasteiger partial charge on any atom is 0.317 e. The van der Waals surface area contributed by atoms with E-state index >= 15 is 0 Å². The van der Waals surface area contributed by atoms with Crippen molar-refractivity contribution in [1.29, 1.82) is 0 Å². The number of aliphatic carboxylic acids is 1. The molecule has 2 amide bonds. The number of nitrogens with one attached hydrogen (secondary N) is 1. The van der Waals surface area contributed by atoms with Crippen LogP contribution in [0.2, 0.25) is 0 Å². The summed E-state index contributed by atoms with van der Waals surface area (Å²) in [5, 5.41) is 14.9. The van der Waals surface area contributed by atoms with Crippen LogP contribution < -0.4 is 5.32 Å². The molecule has 0 aliphatic carbocycles. The molecule has 1 saturated heterocycles. The Morgan fingerprint density at radius 1 is 1.62 bits per heavy atom. The molecule has 1 aromatic heterocycles. The molecule has 86 valence electrons. The normalized spacial score (nSPS) is 15.6. The Morgan fingerprint density at radius 2 is 2.38 bits per heavy atom. The van der Waals surface area contributed by atoms with Crippen LogP contribution in [0.1, 0.15) is 5.69 Å². The van der Waals surface area contributed by atoms with E-state index in [1.54, 1.807) is 6.07 Å². The Bertz CT molecular complexity index is 383. The minimum absolute atomic E-state index is 0.264. The van der Waals surface area contributed by atoms with E-state index in [1.165, 1.54) is 11.2 Å². The van der Waals surface area contributed by atoms with Gasteiger partial charge in [-0.1, -0.05) is 5.16 Å². The van der Waals surface area contributed by atoms with Gasteiger partial charge in [0.05, 0.1) is 12.5 Å². The first-order valence-electron chi connectivity index (χ1n) is 4.81. The van der Waals surface area contributed by atoms with Gasteiger partial charge in [0.15, 0.2) is 0 Å². The molecule has 0 spiro atoms. The van der Waals surface area contributed by atoms with E-state index in [0.717, 1.165) is 0 Å². The van der Waals surface area contributed by atoms with Crippen molar-refractivity contribution < 1.29 is 19.2 Å². The third-order valence-electron chi connectivity index (χ3n) is 2.43. The molecule has 0 unspecified atom stereocenters. The van der Waals surface area contributed by atoms with Gasteiger partial charge < -0.3 is 19.8 Å². The summed E-state index contributed by atoms with van der Waals surface area (Å²) in [7, 11) is 0. The van der Waals surface area contributed by atoms with Crippen molar-refractivity contribution in [3.8, 4) is 0 Å². The summed E-state index contributed by atoms with van der Waals surface area (Å²) in [5.74, 6) is -1.29. The Balaban J connectivity index is 1.72. The van der Waals surface area contributed by atoms with E-state index in [4.69, 9.17) is 5.11 Å². The molecule has 0 bridgehead atoms. The van der Waals surface area contributed by atoms with Crippen LogP contribution in [0.4, 0.5) is 4.79 Å². The van der Waals surface area contributed by atoms with Gasteiger partial charge in [-0.25, -0.2) is 4.79 Å². The Labute approximate surface area is 91.0 Å². The number of hydrogen-bond acceptors (Lipinski definition) is 4. The topological polar surface area (TPSA) is 95.7 Å². The summed E-state index contributed by atoms with van der Waals surface area (Å²) >= 11 is 0. The highest BCUT2D eigenvalue weighted by atomic mass is 16.5. The standard InChI is InChI=1S/C9H11N3O4/c13-8(14)6-4-12(5-6)9(15)10-3-7-1-2-16-11-7/h1-2,6H,3-5H2,(H,10,15)(H,13,14). The molecule has 1 aliphatic rings. The average Bonchev–Trinajstić information content (AvgIpc) is 2.63. The van der Waals surface area contributed by atoms with E-state index in [2.05, 4.69) is 15.0 Å². The zero-order valence-electron chi connectivity index (χ0n) is 8.42. The minimum Gasteiger partial charge on any atom is -0.481 e. The van der Waals surface area contributed by atoms with Crippen LogP contribution in [0.5, 0.6) is 0 Å². The summed E-state index contributed by atoms with van der Waals surface area (Å²) in [5.41, 5.74) is 0.628. The zero-order valence-corrected chi connectivity index (χ0v) is 8.42. The molecule has 7 heteroatoms. The molecule has 16 heavy (non-hydrogen) atoms. The predicted octanol–water partition coefficient (Wildman–Crippen LogP) is -0.0994. The molecule has 2 rings (SSSR count). The lowest BCUT2D eigenvalue weighted by Gasteiger charge is -2.36. The number of urea groups is 1. The highest BCUT2D eigenvalue weighted by molar-refractivity contribution is 5.79. The third-order valence-corrected chi connectivity index (χ3v) is 2.43. The first-order chi connectivity index (χ1) is 7.66. The van der Waals surface area contributed by atoms with Gasteiger partial charge in [0.25, 0.3) is 0 Å². The van der Waals surface area contributed by atoms with Crippen LogP contribution >= 0.6 is 0 Å². The first kappa shape index (κ1) is 10.5. The van der Waals surface area contributed by atoms with Gasteiger partial charge in [-0.05, 0) is 0 Å². The van der Waals surface area contributed by atoms with Gasteiger partial charge in [0.2, 0.25) is 0 Å². The largest absolute Gasteiger partial charge is 0.481 e. The van der Waals surface area contributed by atoms with E-state index in [1.807, 2.05) is 0 Å². The number of aromatic nitrogens is 1. The second kappa shape index (κ2) is 4.21. The number of rotatable bonds is 3. The first-order valence-corrected chi connectivity index (χ1v) is 4.81. The number of nitrogens with zero attached hydrogens (tertiary/aromatic N) is 2. The molecule has 1 aliphatic heterocycles. The number of likely N-dealkylation sites (tertiary alicyclic amines) is 1. The summed E-state index contributed by atoms with van der Waals surface area (Å²) in [6, 6.07) is 1.37. The van der Waals surface area contributed by atoms with Crippen LogP contribution in [-0.4, -0.2) is 40.3 Å². The predicted molar refractivity (Wildman–Crippen MR) is 51.4 cm³/mol. The summed E-state index contributed by atoms with van der Waals surface area (Å²) < 4.78 is 4.60. The third kappa shape index (κ3) is 2.13. The van der Waals surface area contributed by atoms with Crippen LogP contribution in [0.25, 0.3) is 0 Å². The number of carbonyl (C=O) groups excluding carboxylic acids is 1. The van der Waals surface area contributed by atoms with E-state index in [-0.39, 0.29) is 25.7 Å². The summed E-state index contributed by atoms with van der Waals surface area (Å²) in [6.07, 6.45) is 1.42. The number of amides is 2. The molecule has 0 radical (unpaired) electrons. The SMILES string of the molecule is O=C(O)C1CN(C(=O)NCc2ccon2)C1. The van der Waals surface area contributed by atoms with Crippen molar-refractivity contribution >= 4 is 12.0 Å². The smallest absolute Gasteiger partial charge is 0.317 e. The zero-order chi connectivity index (χ0) is 11.5. The molecule has 1 aromatic rings. The number of carboxylic acid groups (broad SMARTS) is 1. The monoisotopic (exact) mass is 225 g/mol. The quantitative estimate of drug-likeness (QED) is 0.748. The lowest BCUT2D eigenvalue weighted by Crippen LogP contribution is -2.56. The highest BCUT2D eigenvalue weighted by Crippen LogP contribution is 2.15. The second-order valence-corrected chi connectivity index (χ2v) is 3.59. The fourth-order valence-corrected chi connectivity index (χ4v) is 1.41. The molecule has 2 N–H and O–H groups in total. The Morgan fingerprint density at radius 3 is 2.94 bits per heavy atom. The summed E-state index contributed by atoms with van der Waals surface area (Å²) in [6.45, 7) is 0.809. The van der Waals surface area contributed by atoms with Gasteiger partial charge >= 0.3 is 12.0 Å². The van der Waals surface area contributed by atoms with Crippen LogP contribution in [0, 0.1) is 5.92 Å². The van der Waals surface area contributed by atoms with Crippen molar-refractivity contribution in [3.05, 3.63) is 18.0 Å². The van der Waals surface area contributed by atoms with Crippen molar-refractivity contribution in [2.24, 2.45) is 5.92 Å². The fraction of sp³-hybridized carbons (Fsp3) is 0.444. The van der Waals surface area contributed by atoms with Gasteiger partial charge in [0.1, 0.15) is 12.0 Å². The van der Waals surface area contributed by atoms with Gasteiger partial charge in [-0.3, -0.25) is 4.79 Å². The number of hydrogen-bond donors (Lipinski definition) is 2. The maximum absolute atomic E-state index is 11.5. The summed E-state index contributed by atoms with van der Waals surface area (Å²) in [4.78, 5) is 23.4. The van der Waals surface area contributed by atoms with Crippen molar-refractivity contribution in [2.45, 2.75) is 6.54 Å². The Hall–Kier alpha value is -2.05.